The Morgan fingerprint density at radius 1 is 1.00 bits per heavy atom. The number of carbonyl (C=O) groups excluding carboxylic acids is 1. The molecular formula is C32H34FN7O2. The topological polar surface area (TPSA) is 115 Å². The molecule has 0 unspecified atom stereocenters. The van der Waals surface area contributed by atoms with Crippen LogP contribution in [0.4, 0.5) is 27.3 Å². The highest BCUT2D eigenvalue weighted by molar-refractivity contribution is 5.95. The quantitative estimate of drug-likeness (QED) is 0.258. The fraction of sp³-hybridized carbons (Fsp3) is 0.375. The molecule has 0 radical (unpaired) electrons. The van der Waals surface area contributed by atoms with E-state index in [1.54, 1.807) is 24.3 Å². The van der Waals surface area contributed by atoms with E-state index in [4.69, 9.17) is 0 Å². The molecule has 0 spiro atoms. The number of nitrogens with zero attached hydrogens (tertiary/aromatic N) is 3. The van der Waals surface area contributed by atoms with E-state index in [9.17, 15) is 9.59 Å². The number of fused-ring (bicyclic) bond motifs is 2. The Morgan fingerprint density at radius 3 is 2.55 bits per heavy atom. The first-order valence-electron chi connectivity index (χ1n) is 14.8. The number of pyridine rings is 3. The smallest absolute Gasteiger partial charge is 0.259 e. The molecular weight excluding hydrogens is 533 g/mol. The number of rotatable bonds is 6. The van der Waals surface area contributed by atoms with E-state index in [1.165, 1.54) is 12.3 Å². The van der Waals surface area contributed by atoms with Crippen molar-refractivity contribution in [2.45, 2.75) is 32.1 Å². The van der Waals surface area contributed by atoms with Crippen molar-refractivity contribution in [2.24, 2.45) is 17.8 Å². The van der Waals surface area contributed by atoms with Gasteiger partial charge in [0.1, 0.15) is 11.6 Å². The minimum Gasteiger partial charge on any atom is -0.370 e. The molecule has 5 heterocycles. The van der Waals surface area contributed by atoms with Crippen molar-refractivity contribution >= 4 is 39.7 Å². The van der Waals surface area contributed by atoms with Crippen molar-refractivity contribution in [2.75, 3.05) is 41.7 Å². The summed E-state index contributed by atoms with van der Waals surface area (Å²) < 4.78 is 15.4. The number of halogens is 1. The van der Waals surface area contributed by atoms with Crippen LogP contribution in [0.2, 0.25) is 0 Å². The Kier molecular flexibility index (Phi) is 7.07. The van der Waals surface area contributed by atoms with Gasteiger partial charge in [0.2, 0.25) is 5.91 Å². The monoisotopic (exact) mass is 567 g/mol. The lowest BCUT2D eigenvalue weighted by Gasteiger charge is -2.21. The summed E-state index contributed by atoms with van der Waals surface area (Å²) in [5, 5.41) is 9.98. The van der Waals surface area contributed by atoms with Crippen LogP contribution in [0.3, 0.4) is 0 Å². The van der Waals surface area contributed by atoms with Gasteiger partial charge in [-0.15, -0.1) is 0 Å². The van der Waals surface area contributed by atoms with Gasteiger partial charge < -0.3 is 25.8 Å². The Morgan fingerprint density at radius 2 is 1.81 bits per heavy atom. The molecule has 4 N–H and O–H groups in total. The Hall–Kier alpha value is -4.31. The van der Waals surface area contributed by atoms with Crippen molar-refractivity contribution in [3.8, 4) is 11.3 Å². The van der Waals surface area contributed by atoms with Crippen molar-refractivity contribution in [1.29, 1.82) is 0 Å². The zero-order chi connectivity index (χ0) is 28.6. The minimum absolute atomic E-state index is 0.0228. The SMILES string of the molecule is O=C(Nc1ccc(-c2cc(Nc3ccc(N4C[C@H]5CNC[C@H]5C4)cn3)c3c(=O)[nH]ccc3n2)c(F)c1)C1CCCCC1. The number of carbonyl (C=O) groups is 1. The van der Waals surface area contributed by atoms with Gasteiger partial charge in [-0.1, -0.05) is 19.3 Å². The van der Waals surface area contributed by atoms with Crippen molar-refractivity contribution < 1.29 is 9.18 Å². The first-order valence-corrected chi connectivity index (χ1v) is 14.8. The molecule has 2 saturated heterocycles. The zero-order valence-electron chi connectivity index (χ0n) is 23.3. The fourth-order valence-electron chi connectivity index (χ4n) is 6.69. The molecule has 3 aliphatic rings. The van der Waals surface area contributed by atoms with E-state index in [0.29, 0.717) is 45.6 Å². The number of nitrogens with one attached hydrogen (secondary N) is 4. The highest BCUT2D eigenvalue weighted by atomic mass is 19.1. The van der Waals surface area contributed by atoms with Gasteiger partial charge in [-0.05, 0) is 67.1 Å². The molecule has 1 aliphatic carbocycles. The van der Waals surface area contributed by atoms with E-state index < -0.39 is 5.82 Å². The number of amides is 1. The van der Waals surface area contributed by atoms with Crippen LogP contribution in [0.25, 0.3) is 22.2 Å². The standard InChI is InChI=1S/C32H34FN7O2/c33-25-12-22(37-31(41)19-4-2-1-3-5-19)6-8-24(25)27-13-28(30-26(38-27)10-11-35-32(30)42)39-29-9-7-23(16-36-29)40-17-20-14-34-15-21(20)18-40/h6-13,16,19-21,34H,1-5,14-15,17-18H2,(H,35,42)(H,37,41)(H,36,38,39)/t20-,21+. The molecule has 3 aromatic heterocycles. The van der Waals surface area contributed by atoms with Crippen LogP contribution in [-0.4, -0.2) is 47.0 Å². The highest BCUT2D eigenvalue weighted by Crippen LogP contribution is 2.33. The minimum atomic E-state index is -0.507. The average molecular weight is 568 g/mol. The summed E-state index contributed by atoms with van der Waals surface area (Å²) in [6.07, 6.45) is 8.38. The molecule has 0 bridgehead atoms. The van der Waals surface area contributed by atoms with Crippen molar-refractivity contribution in [3.63, 3.8) is 0 Å². The lowest BCUT2D eigenvalue weighted by Crippen LogP contribution is -2.25. The number of hydrogen-bond donors (Lipinski definition) is 4. The fourth-order valence-corrected chi connectivity index (χ4v) is 6.69. The third-order valence-corrected chi connectivity index (χ3v) is 8.98. The van der Waals surface area contributed by atoms with Gasteiger partial charge in [0.25, 0.3) is 5.56 Å². The molecule has 2 aliphatic heterocycles. The summed E-state index contributed by atoms with van der Waals surface area (Å²) in [6.45, 7) is 4.18. The number of aromatic amines is 1. The average Bonchev–Trinajstić information content (AvgIpc) is 3.61. The van der Waals surface area contributed by atoms with Crippen LogP contribution in [0.5, 0.6) is 0 Å². The largest absolute Gasteiger partial charge is 0.370 e. The second-order valence-corrected chi connectivity index (χ2v) is 11.8. The van der Waals surface area contributed by atoms with Crippen LogP contribution < -0.4 is 26.4 Å². The molecule has 1 amide bonds. The number of anilines is 4. The van der Waals surface area contributed by atoms with Gasteiger partial charge in [-0.2, -0.15) is 0 Å². The van der Waals surface area contributed by atoms with E-state index in [2.05, 4.69) is 35.8 Å². The highest BCUT2D eigenvalue weighted by Gasteiger charge is 2.36. The molecule has 10 heteroatoms. The van der Waals surface area contributed by atoms with Crippen LogP contribution in [0.1, 0.15) is 32.1 Å². The third-order valence-electron chi connectivity index (χ3n) is 8.98. The summed E-state index contributed by atoms with van der Waals surface area (Å²) in [7, 11) is 0. The molecule has 42 heavy (non-hydrogen) atoms. The molecule has 1 aromatic carbocycles. The number of hydrogen-bond acceptors (Lipinski definition) is 7. The Bertz CT molecular complexity index is 1670. The number of H-pyrrole nitrogens is 1. The third kappa shape index (κ3) is 5.22. The molecule has 2 atom stereocenters. The van der Waals surface area contributed by atoms with Gasteiger partial charge in [0, 0.05) is 49.5 Å². The van der Waals surface area contributed by atoms with E-state index in [-0.39, 0.29) is 22.9 Å². The first-order chi connectivity index (χ1) is 20.5. The zero-order valence-corrected chi connectivity index (χ0v) is 23.3. The Labute approximate surface area is 243 Å². The molecule has 9 nitrogen and oxygen atoms in total. The Balaban J connectivity index is 1.15. The predicted octanol–water partition coefficient (Wildman–Crippen LogP) is 5.04. The van der Waals surface area contributed by atoms with Crippen LogP contribution in [0, 0.1) is 23.6 Å². The molecule has 4 aromatic rings. The summed E-state index contributed by atoms with van der Waals surface area (Å²) in [5.74, 6) is 1.34. The number of benzene rings is 1. The summed E-state index contributed by atoms with van der Waals surface area (Å²) in [5.41, 5.74) is 2.74. The number of aromatic nitrogens is 3. The van der Waals surface area contributed by atoms with Gasteiger partial charge in [0.15, 0.2) is 0 Å². The van der Waals surface area contributed by atoms with Gasteiger partial charge >= 0.3 is 0 Å². The molecule has 3 fully saturated rings. The van der Waals surface area contributed by atoms with Gasteiger partial charge in [0.05, 0.1) is 34.2 Å². The first kappa shape index (κ1) is 26.6. The molecule has 1 saturated carbocycles. The molecule has 7 rings (SSSR count). The van der Waals surface area contributed by atoms with E-state index in [0.717, 1.165) is 64.0 Å². The maximum absolute atomic E-state index is 15.4. The van der Waals surface area contributed by atoms with Gasteiger partial charge in [-0.25, -0.2) is 14.4 Å². The second-order valence-electron chi connectivity index (χ2n) is 11.8. The van der Waals surface area contributed by atoms with E-state index >= 15 is 4.39 Å². The van der Waals surface area contributed by atoms with Gasteiger partial charge in [-0.3, -0.25) is 9.59 Å². The lowest BCUT2D eigenvalue weighted by atomic mass is 9.88. The maximum Gasteiger partial charge on any atom is 0.259 e. The van der Waals surface area contributed by atoms with Crippen molar-refractivity contribution in [3.05, 3.63) is 71.0 Å². The van der Waals surface area contributed by atoms with E-state index in [1.807, 2.05) is 18.3 Å². The normalized spacial score (nSPS) is 20.5. The summed E-state index contributed by atoms with van der Waals surface area (Å²) in [6, 6.07) is 11.9. The lowest BCUT2D eigenvalue weighted by molar-refractivity contribution is -0.120. The predicted molar refractivity (Wildman–Crippen MR) is 163 cm³/mol. The summed E-state index contributed by atoms with van der Waals surface area (Å²) >= 11 is 0. The van der Waals surface area contributed by atoms with Crippen LogP contribution in [-0.2, 0) is 4.79 Å². The molecule has 216 valence electrons. The van der Waals surface area contributed by atoms with Crippen LogP contribution in [0.15, 0.2) is 59.7 Å². The summed E-state index contributed by atoms with van der Waals surface area (Å²) in [4.78, 5) is 39.8. The maximum atomic E-state index is 15.4. The van der Waals surface area contributed by atoms with Crippen molar-refractivity contribution in [1.82, 2.24) is 20.3 Å². The van der Waals surface area contributed by atoms with Crippen LogP contribution >= 0.6 is 0 Å². The second kappa shape index (κ2) is 11.2.